The Morgan fingerprint density at radius 3 is 2.58 bits per heavy atom. The third-order valence-corrected chi connectivity index (χ3v) is 4.13. The number of hydrogen-bond donors (Lipinski definition) is 0. The van der Waals surface area contributed by atoms with Gasteiger partial charge >= 0.3 is 0 Å². The Labute approximate surface area is 150 Å². The summed E-state index contributed by atoms with van der Waals surface area (Å²) < 4.78 is 16.8. The zero-order valence-electron chi connectivity index (χ0n) is 14.4. The molecule has 0 aliphatic carbocycles. The lowest BCUT2D eigenvalue weighted by Gasteiger charge is -2.13. The molecule has 0 fully saturated rings. The fourth-order valence-electron chi connectivity index (χ4n) is 2.73. The van der Waals surface area contributed by atoms with E-state index < -0.39 is 0 Å². The minimum Gasteiger partial charge on any atom is -0.306 e. The zero-order chi connectivity index (χ0) is 18.1. The van der Waals surface area contributed by atoms with Crippen LogP contribution < -0.4 is 0 Å². The maximum Gasteiger partial charge on any atom is 0.161 e. The average molecular weight is 348 g/mol. The van der Waals surface area contributed by atoms with Gasteiger partial charge in [-0.2, -0.15) is 5.10 Å². The minimum atomic E-state index is -0.282. The monoisotopic (exact) mass is 348 g/mol. The molecule has 0 atom stereocenters. The summed E-state index contributed by atoms with van der Waals surface area (Å²) in [5, 5.41) is 4.15. The second kappa shape index (κ2) is 6.51. The fourth-order valence-corrected chi connectivity index (χ4v) is 2.73. The lowest BCUT2D eigenvalue weighted by molar-refractivity contribution is 0.628. The minimum absolute atomic E-state index is 0.254. The third kappa shape index (κ3) is 2.99. The fraction of sp³-hybridized carbons (Fsp3) is 0.158. The molecule has 26 heavy (non-hydrogen) atoms. The first-order valence-corrected chi connectivity index (χ1v) is 8.28. The molecule has 0 aliphatic rings. The van der Waals surface area contributed by atoms with Crippen LogP contribution in [0.5, 0.6) is 0 Å². The molecule has 0 radical (unpaired) electrons. The van der Waals surface area contributed by atoms with E-state index in [0.29, 0.717) is 5.82 Å². The Bertz CT molecular complexity index is 1020. The van der Waals surface area contributed by atoms with Gasteiger partial charge in [-0.15, -0.1) is 0 Å². The van der Waals surface area contributed by atoms with Gasteiger partial charge in [0.1, 0.15) is 24.3 Å². The van der Waals surface area contributed by atoms with Gasteiger partial charge in [-0.3, -0.25) is 0 Å². The number of nitrogens with zero attached hydrogens (tertiary/aromatic N) is 6. The third-order valence-electron chi connectivity index (χ3n) is 4.13. The van der Waals surface area contributed by atoms with Crippen LogP contribution in [-0.2, 0) is 0 Å². The van der Waals surface area contributed by atoms with Gasteiger partial charge in [-0.25, -0.2) is 24.0 Å². The van der Waals surface area contributed by atoms with E-state index >= 15 is 0 Å². The highest BCUT2D eigenvalue weighted by Gasteiger charge is 2.14. The Kier molecular flexibility index (Phi) is 4.04. The first-order chi connectivity index (χ1) is 12.6. The van der Waals surface area contributed by atoms with Gasteiger partial charge in [-0.05, 0) is 36.2 Å². The summed E-state index contributed by atoms with van der Waals surface area (Å²) in [7, 11) is 0. The summed E-state index contributed by atoms with van der Waals surface area (Å²) in [5.41, 5.74) is 2.68. The van der Waals surface area contributed by atoms with E-state index in [1.807, 2.05) is 29.2 Å². The van der Waals surface area contributed by atoms with Gasteiger partial charge in [0.25, 0.3) is 0 Å². The summed E-state index contributed by atoms with van der Waals surface area (Å²) in [6.07, 6.45) is 8.85. The highest BCUT2D eigenvalue weighted by molar-refractivity contribution is 5.56. The molecule has 130 valence electrons. The Balaban J connectivity index is 1.80. The number of aromatic nitrogens is 6. The molecule has 3 heterocycles. The molecule has 3 aromatic heterocycles. The van der Waals surface area contributed by atoms with Gasteiger partial charge in [-0.1, -0.05) is 13.8 Å². The number of halogens is 1. The van der Waals surface area contributed by atoms with Gasteiger partial charge in [0.05, 0.1) is 5.69 Å². The predicted octanol–water partition coefficient (Wildman–Crippen LogP) is 3.78. The Morgan fingerprint density at radius 2 is 1.88 bits per heavy atom. The van der Waals surface area contributed by atoms with Crippen LogP contribution in [0.3, 0.4) is 0 Å². The summed E-state index contributed by atoms with van der Waals surface area (Å²) >= 11 is 0. The van der Waals surface area contributed by atoms with Crippen LogP contribution in [0.25, 0.3) is 22.9 Å². The molecule has 0 amide bonds. The smallest absolute Gasteiger partial charge is 0.161 e. The van der Waals surface area contributed by atoms with Gasteiger partial charge in [0, 0.05) is 29.7 Å². The van der Waals surface area contributed by atoms with Crippen LogP contribution in [0.15, 0.2) is 61.6 Å². The summed E-state index contributed by atoms with van der Waals surface area (Å²) in [6, 6.07) is 8.12. The average Bonchev–Trinajstić information content (AvgIpc) is 3.33. The quantitative estimate of drug-likeness (QED) is 0.563. The number of hydrogen-bond acceptors (Lipinski definition) is 4. The van der Waals surface area contributed by atoms with Crippen molar-refractivity contribution < 1.29 is 4.39 Å². The van der Waals surface area contributed by atoms with Crippen molar-refractivity contribution in [3.8, 4) is 22.9 Å². The van der Waals surface area contributed by atoms with Crippen LogP contribution in [0.4, 0.5) is 4.39 Å². The first-order valence-electron chi connectivity index (χ1n) is 8.28. The van der Waals surface area contributed by atoms with E-state index in [9.17, 15) is 4.39 Å². The molecule has 6 nitrogen and oxygen atoms in total. The van der Waals surface area contributed by atoms with Crippen LogP contribution >= 0.6 is 0 Å². The topological polar surface area (TPSA) is 61.4 Å². The second-order valence-corrected chi connectivity index (χ2v) is 6.25. The molecule has 7 heteroatoms. The van der Waals surface area contributed by atoms with Crippen molar-refractivity contribution in [1.29, 1.82) is 0 Å². The predicted molar refractivity (Wildman–Crippen MR) is 95.8 cm³/mol. The standard InChI is InChI=1S/C19H17FN6/c1-13(2)17-9-22-18(14-3-5-15(20)6-4-14)24-19(17)25-8-7-16(10-25)26-12-21-11-23-26/h3-13H,1-2H3. The SMILES string of the molecule is CC(C)c1cnc(-c2ccc(F)cc2)nc1-n1ccc(-n2cncn2)c1. The van der Waals surface area contributed by atoms with Crippen molar-refractivity contribution in [1.82, 2.24) is 29.3 Å². The second-order valence-electron chi connectivity index (χ2n) is 6.25. The lowest BCUT2D eigenvalue weighted by atomic mass is 10.1. The maximum absolute atomic E-state index is 13.2. The van der Waals surface area contributed by atoms with Crippen molar-refractivity contribution in [3.05, 3.63) is 73.0 Å². The van der Waals surface area contributed by atoms with Crippen molar-refractivity contribution in [2.75, 3.05) is 0 Å². The van der Waals surface area contributed by atoms with Crippen molar-refractivity contribution in [2.24, 2.45) is 0 Å². The lowest BCUT2D eigenvalue weighted by Crippen LogP contribution is -2.05. The summed E-state index contributed by atoms with van der Waals surface area (Å²) in [5.74, 6) is 1.32. The van der Waals surface area contributed by atoms with Crippen LogP contribution in [0.1, 0.15) is 25.3 Å². The molecule has 4 rings (SSSR count). The highest BCUT2D eigenvalue weighted by Crippen LogP contribution is 2.25. The number of rotatable bonds is 4. The zero-order valence-corrected chi connectivity index (χ0v) is 14.4. The van der Waals surface area contributed by atoms with Crippen molar-refractivity contribution >= 4 is 0 Å². The normalized spacial score (nSPS) is 11.2. The van der Waals surface area contributed by atoms with E-state index in [1.54, 1.807) is 23.1 Å². The van der Waals surface area contributed by atoms with Crippen LogP contribution in [-0.4, -0.2) is 29.3 Å². The van der Waals surface area contributed by atoms with E-state index in [-0.39, 0.29) is 11.7 Å². The summed E-state index contributed by atoms with van der Waals surface area (Å²) in [4.78, 5) is 13.2. The molecule has 0 bridgehead atoms. The van der Waals surface area contributed by atoms with E-state index in [0.717, 1.165) is 22.6 Å². The molecule has 0 N–H and O–H groups in total. The van der Waals surface area contributed by atoms with Gasteiger partial charge < -0.3 is 4.57 Å². The van der Waals surface area contributed by atoms with Crippen molar-refractivity contribution in [2.45, 2.75) is 19.8 Å². The van der Waals surface area contributed by atoms with Gasteiger partial charge in [0.15, 0.2) is 5.82 Å². The first kappa shape index (κ1) is 16.1. The summed E-state index contributed by atoms with van der Waals surface area (Å²) in [6.45, 7) is 4.20. The molecular weight excluding hydrogens is 331 g/mol. The molecule has 0 saturated carbocycles. The largest absolute Gasteiger partial charge is 0.306 e. The highest BCUT2D eigenvalue weighted by atomic mass is 19.1. The van der Waals surface area contributed by atoms with Gasteiger partial charge in [0.2, 0.25) is 0 Å². The Hall–Kier alpha value is -3.35. The van der Waals surface area contributed by atoms with E-state index in [1.165, 1.54) is 18.5 Å². The molecular formula is C19H17FN6. The molecule has 0 saturated heterocycles. The molecule has 0 aliphatic heterocycles. The van der Waals surface area contributed by atoms with E-state index in [2.05, 4.69) is 28.9 Å². The molecule has 0 unspecified atom stereocenters. The molecule has 4 aromatic rings. The molecule has 0 spiro atoms. The van der Waals surface area contributed by atoms with E-state index in [4.69, 9.17) is 4.98 Å². The molecule has 1 aromatic carbocycles. The Morgan fingerprint density at radius 1 is 1.08 bits per heavy atom. The number of benzene rings is 1. The van der Waals surface area contributed by atoms with Crippen molar-refractivity contribution in [3.63, 3.8) is 0 Å². The van der Waals surface area contributed by atoms with Crippen LogP contribution in [0.2, 0.25) is 0 Å². The van der Waals surface area contributed by atoms with Crippen LogP contribution in [0, 0.1) is 5.82 Å². The maximum atomic E-state index is 13.2.